The number of thiophene rings is 1. The highest BCUT2D eigenvalue weighted by molar-refractivity contribution is 7.94. The second kappa shape index (κ2) is 16.2. The number of rotatable bonds is 8. The summed E-state index contributed by atoms with van der Waals surface area (Å²) in [5.74, 6) is 0.00651. The monoisotopic (exact) mass is 663 g/mol. The molecule has 45 heavy (non-hydrogen) atoms. The van der Waals surface area contributed by atoms with Crippen molar-refractivity contribution in [2.24, 2.45) is 11.8 Å². The summed E-state index contributed by atoms with van der Waals surface area (Å²) in [5, 5.41) is 11.9. The van der Waals surface area contributed by atoms with Gasteiger partial charge in [-0.15, -0.1) is 11.3 Å². The lowest BCUT2D eigenvalue weighted by Gasteiger charge is -2.36. The van der Waals surface area contributed by atoms with Gasteiger partial charge in [-0.1, -0.05) is 32.3 Å². The van der Waals surface area contributed by atoms with Crippen LogP contribution in [-0.4, -0.2) is 86.7 Å². The number of aliphatic hydroxyl groups is 1. The van der Waals surface area contributed by atoms with Crippen LogP contribution in [-0.2, 0) is 19.6 Å². The number of nitrogens with zero attached hydrogens (tertiary/aromatic N) is 2. The predicted octanol–water partition coefficient (Wildman–Crippen LogP) is 5.38. The Hall–Kier alpha value is -2.67. The van der Waals surface area contributed by atoms with Gasteiger partial charge in [0, 0.05) is 44.3 Å². The number of carbonyl (C=O) groups is 2. The molecule has 1 saturated carbocycles. The first kappa shape index (κ1) is 35.2. The molecule has 0 radical (unpaired) electrons. The fourth-order valence-corrected chi connectivity index (χ4v) is 8.13. The van der Waals surface area contributed by atoms with E-state index in [2.05, 4.69) is 4.72 Å². The van der Waals surface area contributed by atoms with Crippen molar-refractivity contribution in [2.45, 2.75) is 94.6 Å². The number of aliphatic hydroxyl groups excluding tert-OH is 1. The van der Waals surface area contributed by atoms with Crippen molar-refractivity contribution in [3.63, 3.8) is 0 Å². The molecule has 1 fully saturated rings. The van der Waals surface area contributed by atoms with Crippen molar-refractivity contribution >= 4 is 38.9 Å². The van der Waals surface area contributed by atoms with E-state index in [4.69, 9.17) is 9.47 Å². The van der Waals surface area contributed by atoms with Crippen molar-refractivity contribution in [1.82, 2.24) is 9.80 Å². The Labute approximate surface area is 272 Å². The minimum atomic E-state index is -3.84. The molecule has 4 atom stereocenters. The summed E-state index contributed by atoms with van der Waals surface area (Å²) in [6, 6.07) is 7.38. The van der Waals surface area contributed by atoms with Gasteiger partial charge in [-0.25, -0.2) is 8.42 Å². The van der Waals surface area contributed by atoms with Crippen molar-refractivity contribution in [3.05, 3.63) is 41.3 Å². The number of fused-ring (bicyclic) bond motifs is 1. The third kappa shape index (κ3) is 9.43. The SMILES string of the molecule is C[C@@H]1CN([C@H](C)CO)C(=O)c2cc(NS(=O)(=O)c3cccs3)ccc2O[C@@H](C)CCCCO[C@H]1CN(C)C(=O)C1CCCCC1. The van der Waals surface area contributed by atoms with Crippen molar-refractivity contribution in [2.75, 3.05) is 38.1 Å². The van der Waals surface area contributed by atoms with Crippen LogP contribution in [0, 0.1) is 11.8 Å². The van der Waals surface area contributed by atoms with Gasteiger partial charge in [0.15, 0.2) is 0 Å². The maximum atomic E-state index is 14.3. The van der Waals surface area contributed by atoms with Gasteiger partial charge in [0.25, 0.3) is 15.9 Å². The molecule has 2 N–H and O–H groups in total. The molecule has 1 aromatic carbocycles. The van der Waals surface area contributed by atoms with Crippen LogP contribution in [0.5, 0.6) is 5.75 Å². The summed E-state index contributed by atoms with van der Waals surface area (Å²) >= 11 is 1.10. The van der Waals surface area contributed by atoms with E-state index >= 15 is 0 Å². The van der Waals surface area contributed by atoms with Gasteiger partial charge < -0.3 is 24.4 Å². The van der Waals surface area contributed by atoms with Crippen LogP contribution >= 0.6 is 11.3 Å². The van der Waals surface area contributed by atoms with Crippen LogP contribution < -0.4 is 9.46 Å². The maximum Gasteiger partial charge on any atom is 0.271 e. The van der Waals surface area contributed by atoms with E-state index in [1.165, 1.54) is 18.6 Å². The number of amides is 2. The molecule has 12 heteroatoms. The maximum absolute atomic E-state index is 14.3. The van der Waals surface area contributed by atoms with Gasteiger partial charge >= 0.3 is 0 Å². The molecule has 0 saturated heterocycles. The van der Waals surface area contributed by atoms with Gasteiger partial charge in [-0.05, 0) is 75.6 Å². The van der Waals surface area contributed by atoms with E-state index in [-0.39, 0.29) is 64.5 Å². The zero-order valence-electron chi connectivity index (χ0n) is 26.9. The third-order valence-corrected chi connectivity index (χ3v) is 11.6. The fraction of sp³-hybridized carbons (Fsp3) is 0.636. The third-order valence-electron chi connectivity index (χ3n) is 8.85. The van der Waals surface area contributed by atoms with Gasteiger partial charge in [-0.2, -0.15) is 0 Å². The first-order valence-electron chi connectivity index (χ1n) is 16.2. The summed E-state index contributed by atoms with van der Waals surface area (Å²) in [4.78, 5) is 31.0. The molecule has 1 aliphatic heterocycles. The number of benzene rings is 1. The number of anilines is 1. The fourth-order valence-electron chi connectivity index (χ4n) is 6.09. The molecule has 2 aromatic rings. The average Bonchev–Trinajstić information content (AvgIpc) is 3.59. The molecule has 0 bridgehead atoms. The second-order valence-electron chi connectivity index (χ2n) is 12.6. The number of carbonyl (C=O) groups excluding carboxylic acids is 2. The summed E-state index contributed by atoms with van der Waals surface area (Å²) in [7, 11) is -2.00. The molecular weight excluding hydrogens is 615 g/mol. The zero-order chi connectivity index (χ0) is 32.6. The molecule has 4 rings (SSSR count). The van der Waals surface area contributed by atoms with E-state index in [0.717, 1.165) is 56.3 Å². The number of ether oxygens (including phenoxy) is 2. The Morgan fingerprint density at radius 1 is 1.13 bits per heavy atom. The number of sulfonamides is 1. The van der Waals surface area contributed by atoms with E-state index < -0.39 is 16.1 Å². The van der Waals surface area contributed by atoms with Crippen LogP contribution in [0.3, 0.4) is 0 Å². The Morgan fingerprint density at radius 3 is 2.56 bits per heavy atom. The van der Waals surface area contributed by atoms with E-state index in [1.807, 2.05) is 20.9 Å². The molecule has 250 valence electrons. The molecule has 0 unspecified atom stereocenters. The smallest absolute Gasteiger partial charge is 0.271 e. The molecule has 1 aromatic heterocycles. The molecular formula is C33H49N3O7S2. The summed E-state index contributed by atoms with van der Waals surface area (Å²) in [5.41, 5.74) is 0.446. The lowest BCUT2D eigenvalue weighted by molar-refractivity contribution is -0.137. The minimum Gasteiger partial charge on any atom is -0.490 e. The first-order valence-corrected chi connectivity index (χ1v) is 18.5. The minimum absolute atomic E-state index is 0.0504. The quantitative estimate of drug-likeness (QED) is 0.388. The standard InChI is InChI=1S/C33H49N3O7S2/c1-23-20-36(24(2)22-37)33(39)28-19-27(34-45(40,41)31-14-10-18-44-31)15-16-29(28)43-25(3)11-8-9-17-42-30(23)21-35(4)32(38)26-12-6-5-7-13-26/h10,14-16,18-19,23-26,30,34,37H,5-9,11-13,17,20-22H2,1-4H3/t23-,24-,25+,30+/m1/s1. The topological polar surface area (TPSA) is 125 Å². The average molecular weight is 664 g/mol. The Kier molecular flexibility index (Phi) is 12.7. The van der Waals surface area contributed by atoms with E-state index in [1.54, 1.807) is 40.3 Å². The van der Waals surface area contributed by atoms with Crippen molar-refractivity contribution in [1.29, 1.82) is 0 Å². The van der Waals surface area contributed by atoms with Crippen LogP contribution in [0.2, 0.25) is 0 Å². The lowest BCUT2D eigenvalue weighted by Crippen LogP contribution is -2.48. The van der Waals surface area contributed by atoms with Crippen LogP contribution in [0.15, 0.2) is 39.9 Å². The van der Waals surface area contributed by atoms with Crippen LogP contribution in [0.4, 0.5) is 5.69 Å². The molecule has 0 spiro atoms. The largest absolute Gasteiger partial charge is 0.490 e. The molecule has 2 heterocycles. The normalized spacial score (nSPS) is 23.4. The summed E-state index contributed by atoms with van der Waals surface area (Å²) in [6.45, 7) is 6.66. The Bertz CT molecular complexity index is 1360. The van der Waals surface area contributed by atoms with E-state index in [9.17, 15) is 23.1 Å². The highest BCUT2D eigenvalue weighted by atomic mass is 32.2. The van der Waals surface area contributed by atoms with Crippen molar-refractivity contribution < 1.29 is 32.6 Å². The molecule has 1 aliphatic carbocycles. The highest BCUT2D eigenvalue weighted by Crippen LogP contribution is 2.30. The Morgan fingerprint density at radius 2 is 1.87 bits per heavy atom. The predicted molar refractivity (Wildman–Crippen MR) is 176 cm³/mol. The first-order chi connectivity index (χ1) is 21.5. The number of likely N-dealkylation sites (N-methyl/N-ethyl adjacent to an activating group) is 1. The van der Waals surface area contributed by atoms with Gasteiger partial charge in [0.2, 0.25) is 5.91 Å². The van der Waals surface area contributed by atoms with Crippen molar-refractivity contribution in [3.8, 4) is 5.75 Å². The van der Waals surface area contributed by atoms with Crippen LogP contribution in [0.1, 0.15) is 82.5 Å². The number of hydrogen-bond acceptors (Lipinski definition) is 8. The van der Waals surface area contributed by atoms with E-state index in [0.29, 0.717) is 18.9 Å². The summed E-state index contributed by atoms with van der Waals surface area (Å²) < 4.78 is 41.4. The summed E-state index contributed by atoms with van der Waals surface area (Å²) in [6.07, 6.45) is 7.08. The number of hydrogen-bond donors (Lipinski definition) is 2. The zero-order valence-corrected chi connectivity index (χ0v) is 28.6. The molecule has 2 aliphatic rings. The van der Waals surface area contributed by atoms with Gasteiger partial charge in [0.1, 0.15) is 9.96 Å². The molecule has 10 nitrogen and oxygen atoms in total. The molecule has 2 amide bonds. The van der Waals surface area contributed by atoms with Gasteiger partial charge in [0.05, 0.1) is 30.4 Å². The second-order valence-corrected chi connectivity index (χ2v) is 15.5. The number of nitrogens with one attached hydrogen (secondary N) is 1. The Balaban J connectivity index is 1.63. The lowest BCUT2D eigenvalue weighted by atomic mass is 9.88. The highest BCUT2D eigenvalue weighted by Gasteiger charge is 2.32. The van der Waals surface area contributed by atoms with Crippen LogP contribution in [0.25, 0.3) is 0 Å². The van der Waals surface area contributed by atoms with Gasteiger partial charge in [-0.3, -0.25) is 14.3 Å².